The lowest BCUT2D eigenvalue weighted by molar-refractivity contribution is -0.117. The Kier molecular flexibility index (Phi) is 4.29. The van der Waals surface area contributed by atoms with E-state index in [-0.39, 0.29) is 5.88 Å². The van der Waals surface area contributed by atoms with Gasteiger partial charge in [-0.05, 0) is 13.8 Å². The van der Waals surface area contributed by atoms with Gasteiger partial charge in [-0.1, -0.05) is 5.92 Å². The molecule has 0 atom stereocenters. The van der Waals surface area contributed by atoms with E-state index in [0.717, 1.165) is 0 Å². The summed E-state index contributed by atoms with van der Waals surface area (Å²) in [4.78, 5) is 21.6. The largest absolute Gasteiger partial charge is 0.322 e. The number of alkyl halides is 1. The number of amides is 3. The number of carbonyl (C=O) groups is 2. The van der Waals surface area contributed by atoms with E-state index in [0.29, 0.717) is 0 Å². The van der Waals surface area contributed by atoms with Crippen LogP contribution < -0.4 is 10.6 Å². The minimum absolute atomic E-state index is 0.260. The highest BCUT2D eigenvalue weighted by atomic mass is 35.5. The molecule has 5 heteroatoms. The number of imide groups is 1. The topological polar surface area (TPSA) is 58.2 Å². The molecule has 0 saturated carbocycles. The minimum atomic E-state index is -0.781. The molecule has 0 aliphatic rings. The maximum Gasteiger partial charge on any atom is 0.322 e. The van der Waals surface area contributed by atoms with Crippen LogP contribution in [0.2, 0.25) is 0 Å². The first-order valence-electron chi connectivity index (χ1n) is 3.57. The molecule has 13 heavy (non-hydrogen) atoms. The summed E-state index contributed by atoms with van der Waals surface area (Å²) in [6.07, 6.45) is 5.11. The third-order valence-electron chi connectivity index (χ3n) is 1.16. The summed E-state index contributed by atoms with van der Waals surface area (Å²) in [5.41, 5.74) is -0.781. The number of hydrogen-bond acceptors (Lipinski definition) is 2. The van der Waals surface area contributed by atoms with Crippen molar-refractivity contribution in [2.45, 2.75) is 19.4 Å². The van der Waals surface area contributed by atoms with Crippen molar-refractivity contribution in [3.05, 3.63) is 0 Å². The van der Waals surface area contributed by atoms with Gasteiger partial charge >= 0.3 is 6.03 Å². The summed E-state index contributed by atoms with van der Waals surface area (Å²) in [5.74, 6) is 1.52. The van der Waals surface area contributed by atoms with E-state index in [1.54, 1.807) is 13.8 Å². The van der Waals surface area contributed by atoms with E-state index < -0.39 is 17.5 Å². The minimum Gasteiger partial charge on any atom is -0.322 e. The molecule has 0 fully saturated rings. The molecule has 2 N–H and O–H groups in total. The van der Waals surface area contributed by atoms with Crippen LogP contribution in [0.3, 0.4) is 0 Å². The van der Waals surface area contributed by atoms with Gasteiger partial charge in [0.1, 0.15) is 5.88 Å². The van der Waals surface area contributed by atoms with Gasteiger partial charge in [0, 0.05) is 0 Å². The Bertz CT molecular complexity index is 255. The number of hydrogen-bond donors (Lipinski definition) is 2. The Hall–Kier alpha value is -1.21. The van der Waals surface area contributed by atoms with Gasteiger partial charge in [0.25, 0.3) is 0 Å². The zero-order valence-electron chi connectivity index (χ0n) is 7.48. The van der Waals surface area contributed by atoms with E-state index in [2.05, 4.69) is 11.2 Å². The highest BCUT2D eigenvalue weighted by molar-refractivity contribution is 6.28. The molecule has 0 heterocycles. The molecule has 72 valence electrons. The van der Waals surface area contributed by atoms with Crippen molar-refractivity contribution in [1.29, 1.82) is 0 Å². The monoisotopic (exact) mass is 202 g/mol. The van der Waals surface area contributed by atoms with Crippen molar-refractivity contribution < 1.29 is 9.59 Å². The van der Waals surface area contributed by atoms with Crippen LogP contribution in [-0.2, 0) is 4.79 Å². The van der Waals surface area contributed by atoms with E-state index in [1.165, 1.54) is 0 Å². The van der Waals surface area contributed by atoms with Crippen molar-refractivity contribution in [2.24, 2.45) is 0 Å². The van der Waals surface area contributed by atoms with Gasteiger partial charge in [-0.25, -0.2) is 4.79 Å². The van der Waals surface area contributed by atoms with E-state index >= 15 is 0 Å². The van der Waals surface area contributed by atoms with Gasteiger partial charge < -0.3 is 5.32 Å². The zero-order valence-corrected chi connectivity index (χ0v) is 8.23. The van der Waals surface area contributed by atoms with Crippen LogP contribution >= 0.6 is 11.6 Å². The molecule has 0 aromatic rings. The zero-order chi connectivity index (χ0) is 10.5. The normalized spacial score (nSPS) is 10.0. The second-order valence-corrected chi connectivity index (χ2v) is 3.17. The van der Waals surface area contributed by atoms with E-state index in [9.17, 15) is 9.59 Å². The van der Waals surface area contributed by atoms with Crippen LogP contribution in [-0.4, -0.2) is 23.4 Å². The molecule has 0 aromatic carbocycles. The summed E-state index contributed by atoms with van der Waals surface area (Å²) < 4.78 is 0. The second kappa shape index (κ2) is 4.73. The number of carbonyl (C=O) groups excluding carboxylic acids is 2. The predicted octanol–water partition coefficient (Wildman–Crippen LogP) is 0.463. The lowest BCUT2D eigenvalue weighted by Gasteiger charge is -2.19. The Morgan fingerprint density at radius 1 is 1.54 bits per heavy atom. The number of terminal acetylenes is 1. The first-order valence-corrected chi connectivity index (χ1v) is 4.10. The van der Waals surface area contributed by atoms with Crippen molar-refractivity contribution in [2.75, 3.05) is 5.88 Å². The van der Waals surface area contributed by atoms with Gasteiger partial charge in [0.2, 0.25) is 5.91 Å². The van der Waals surface area contributed by atoms with Gasteiger partial charge in [0.05, 0.1) is 5.54 Å². The summed E-state index contributed by atoms with van der Waals surface area (Å²) in [6.45, 7) is 3.27. The van der Waals surface area contributed by atoms with Gasteiger partial charge in [0.15, 0.2) is 0 Å². The lowest BCUT2D eigenvalue weighted by atomic mass is 10.1. The van der Waals surface area contributed by atoms with Crippen LogP contribution in [0.15, 0.2) is 0 Å². The van der Waals surface area contributed by atoms with Gasteiger partial charge in [-0.2, -0.15) is 0 Å². The van der Waals surface area contributed by atoms with Crippen LogP contribution in [0.5, 0.6) is 0 Å². The second-order valence-electron chi connectivity index (χ2n) is 2.91. The Morgan fingerprint density at radius 2 is 2.08 bits per heavy atom. The molecule has 0 radical (unpaired) electrons. The van der Waals surface area contributed by atoms with E-state index in [1.807, 2.05) is 5.32 Å². The summed E-state index contributed by atoms with van der Waals surface area (Å²) in [7, 11) is 0. The fraction of sp³-hybridized carbons (Fsp3) is 0.500. The van der Waals surface area contributed by atoms with Crippen molar-refractivity contribution in [1.82, 2.24) is 10.6 Å². The molecule has 0 aliphatic heterocycles. The molecule has 0 rings (SSSR count). The molecular weight excluding hydrogens is 192 g/mol. The van der Waals surface area contributed by atoms with Crippen LogP contribution in [0.25, 0.3) is 0 Å². The fourth-order valence-corrected chi connectivity index (χ4v) is 0.578. The molecule has 3 amide bonds. The third-order valence-corrected chi connectivity index (χ3v) is 1.40. The fourth-order valence-electron chi connectivity index (χ4n) is 0.511. The molecule has 0 saturated heterocycles. The standard InChI is InChI=1S/C8H11ClN2O2/c1-4-8(2,3)11-7(13)10-6(12)5-9/h1H,5H2,2-3H3,(H2,10,11,12,13). The Balaban J connectivity index is 4.04. The van der Waals surface area contributed by atoms with Crippen LogP contribution in [0.4, 0.5) is 4.79 Å². The van der Waals surface area contributed by atoms with E-state index in [4.69, 9.17) is 18.0 Å². The first-order chi connectivity index (χ1) is 5.91. The molecular formula is C8H11ClN2O2. The molecule has 0 spiro atoms. The van der Waals surface area contributed by atoms with Crippen molar-refractivity contribution >= 4 is 23.5 Å². The molecule has 0 unspecified atom stereocenters. The SMILES string of the molecule is C#CC(C)(C)NC(=O)NC(=O)CCl. The summed E-state index contributed by atoms with van der Waals surface area (Å²) in [6, 6.07) is -0.645. The maximum atomic E-state index is 11.0. The van der Waals surface area contributed by atoms with Crippen molar-refractivity contribution in [3.63, 3.8) is 0 Å². The number of rotatable bonds is 2. The molecule has 4 nitrogen and oxygen atoms in total. The predicted molar refractivity (Wildman–Crippen MR) is 50.3 cm³/mol. The summed E-state index contributed by atoms with van der Waals surface area (Å²) >= 11 is 5.17. The average Bonchev–Trinajstić information content (AvgIpc) is 2.03. The summed E-state index contributed by atoms with van der Waals surface area (Å²) in [5, 5.41) is 4.41. The first kappa shape index (κ1) is 11.8. The third kappa shape index (κ3) is 5.10. The number of urea groups is 1. The highest BCUT2D eigenvalue weighted by Crippen LogP contribution is 1.97. The van der Waals surface area contributed by atoms with Crippen LogP contribution in [0.1, 0.15) is 13.8 Å². The van der Waals surface area contributed by atoms with Crippen molar-refractivity contribution in [3.8, 4) is 12.3 Å². The van der Waals surface area contributed by atoms with Gasteiger partial charge in [-0.15, -0.1) is 18.0 Å². The average molecular weight is 203 g/mol. The highest BCUT2D eigenvalue weighted by Gasteiger charge is 2.17. The smallest absolute Gasteiger partial charge is 0.322 e. The lowest BCUT2D eigenvalue weighted by Crippen LogP contribution is -2.49. The molecule has 0 bridgehead atoms. The maximum absolute atomic E-state index is 11.0. The Labute approximate surface area is 82.0 Å². The quantitative estimate of drug-likeness (QED) is 0.505. The molecule has 0 aromatic heterocycles. The Morgan fingerprint density at radius 3 is 2.46 bits per heavy atom. The number of halogens is 1. The number of nitrogens with one attached hydrogen (secondary N) is 2. The molecule has 0 aliphatic carbocycles. The van der Waals surface area contributed by atoms with Gasteiger partial charge in [-0.3, -0.25) is 10.1 Å². The van der Waals surface area contributed by atoms with Crippen LogP contribution in [0, 0.1) is 12.3 Å².